The number of ether oxygens (including phenoxy) is 1. The summed E-state index contributed by atoms with van der Waals surface area (Å²) >= 11 is 1.41. The molecule has 0 saturated heterocycles. The lowest BCUT2D eigenvalue weighted by atomic mass is 10.3. The molecule has 1 rings (SSSR count). The summed E-state index contributed by atoms with van der Waals surface area (Å²) in [6, 6.07) is 0. The molecule has 0 fully saturated rings. The highest BCUT2D eigenvalue weighted by atomic mass is 32.1. The number of rotatable bonds is 3. The van der Waals surface area contributed by atoms with Crippen LogP contribution in [0.25, 0.3) is 0 Å². The van der Waals surface area contributed by atoms with Crippen molar-refractivity contribution in [3.8, 4) is 0 Å². The van der Waals surface area contributed by atoms with E-state index in [0.717, 1.165) is 0 Å². The SMILES string of the molecule is COCC(=O)c1cscn1. The van der Waals surface area contributed by atoms with Gasteiger partial charge in [0.15, 0.2) is 0 Å². The maximum Gasteiger partial charge on any atom is 0.207 e. The smallest absolute Gasteiger partial charge is 0.207 e. The molecule has 0 radical (unpaired) electrons. The summed E-state index contributed by atoms with van der Waals surface area (Å²) in [5.41, 5.74) is 2.12. The largest absolute Gasteiger partial charge is 0.376 e. The Balaban J connectivity index is 2.59. The molecule has 0 unspecified atom stereocenters. The van der Waals surface area contributed by atoms with Crippen molar-refractivity contribution in [2.45, 2.75) is 0 Å². The van der Waals surface area contributed by atoms with Gasteiger partial charge < -0.3 is 4.74 Å². The highest BCUT2D eigenvalue weighted by Gasteiger charge is 2.05. The first-order chi connectivity index (χ1) is 4.84. The van der Waals surface area contributed by atoms with E-state index < -0.39 is 0 Å². The van der Waals surface area contributed by atoms with Crippen LogP contribution in [0.1, 0.15) is 10.5 Å². The number of Topliss-reactive ketones (excluding diaryl/α,β-unsaturated/α-hetero) is 1. The summed E-state index contributed by atoms with van der Waals surface area (Å²) < 4.78 is 4.64. The quantitative estimate of drug-likeness (QED) is 0.614. The Kier molecular flexibility index (Phi) is 2.53. The molecule has 0 aliphatic heterocycles. The maximum atomic E-state index is 10.9. The minimum atomic E-state index is -0.0660. The van der Waals surface area contributed by atoms with Gasteiger partial charge >= 0.3 is 0 Å². The zero-order valence-electron chi connectivity index (χ0n) is 5.53. The first kappa shape index (κ1) is 7.37. The Morgan fingerprint density at radius 1 is 1.90 bits per heavy atom. The Morgan fingerprint density at radius 3 is 3.20 bits per heavy atom. The number of carbonyl (C=O) groups is 1. The normalized spacial score (nSPS) is 9.70. The van der Waals surface area contributed by atoms with Crippen LogP contribution in [0.3, 0.4) is 0 Å². The number of hydrogen-bond acceptors (Lipinski definition) is 4. The summed E-state index contributed by atoms with van der Waals surface area (Å²) in [6.45, 7) is 0.115. The van der Waals surface area contributed by atoms with Crippen LogP contribution >= 0.6 is 11.3 Å². The van der Waals surface area contributed by atoms with Gasteiger partial charge in [0.1, 0.15) is 12.3 Å². The molecule has 0 aliphatic rings. The molecule has 0 bridgehead atoms. The molecular weight excluding hydrogens is 150 g/mol. The lowest BCUT2D eigenvalue weighted by molar-refractivity contribution is 0.0843. The van der Waals surface area contributed by atoms with Crippen LogP contribution in [-0.2, 0) is 4.74 Å². The van der Waals surface area contributed by atoms with Gasteiger partial charge in [-0.25, -0.2) is 4.98 Å². The molecule has 1 heterocycles. The number of hydrogen-bond donors (Lipinski definition) is 0. The van der Waals surface area contributed by atoms with E-state index in [4.69, 9.17) is 0 Å². The Bertz CT molecular complexity index is 208. The molecular formula is C6H7NO2S. The van der Waals surface area contributed by atoms with E-state index in [2.05, 4.69) is 9.72 Å². The number of ketones is 1. The molecule has 1 aromatic heterocycles. The van der Waals surface area contributed by atoms with Gasteiger partial charge in [-0.1, -0.05) is 0 Å². The van der Waals surface area contributed by atoms with Crippen molar-refractivity contribution in [3.63, 3.8) is 0 Å². The summed E-state index contributed by atoms with van der Waals surface area (Å²) in [5, 5.41) is 1.71. The molecule has 1 aromatic rings. The van der Waals surface area contributed by atoms with E-state index in [0.29, 0.717) is 5.69 Å². The average molecular weight is 157 g/mol. The summed E-state index contributed by atoms with van der Waals surface area (Å²) in [6.07, 6.45) is 0. The highest BCUT2D eigenvalue weighted by Crippen LogP contribution is 2.01. The van der Waals surface area contributed by atoms with Gasteiger partial charge in [0.2, 0.25) is 5.78 Å². The Morgan fingerprint density at radius 2 is 2.70 bits per heavy atom. The van der Waals surface area contributed by atoms with Gasteiger partial charge in [-0.05, 0) is 0 Å². The zero-order chi connectivity index (χ0) is 7.40. The molecule has 0 amide bonds. The second kappa shape index (κ2) is 3.43. The molecule has 3 nitrogen and oxygen atoms in total. The minimum absolute atomic E-state index is 0.0660. The Labute approximate surface area is 62.7 Å². The van der Waals surface area contributed by atoms with E-state index in [1.807, 2.05) is 0 Å². The number of thiazole rings is 1. The summed E-state index contributed by atoms with van der Waals surface area (Å²) in [5.74, 6) is -0.0660. The molecule has 0 spiro atoms. The number of carbonyl (C=O) groups excluding carboxylic acids is 1. The van der Waals surface area contributed by atoms with Crippen LogP contribution in [-0.4, -0.2) is 24.5 Å². The van der Waals surface area contributed by atoms with E-state index in [-0.39, 0.29) is 12.4 Å². The lowest BCUT2D eigenvalue weighted by Gasteiger charge is -1.91. The number of nitrogens with zero attached hydrogens (tertiary/aromatic N) is 1. The predicted molar refractivity (Wildman–Crippen MR) is 38.3 cm³/mol. The van der Waals surface area contributed by atoms with E-state index in [1.54, 1.807) is 10.9 Å². The molecule has 54 valence electrons. The second-order valence-corrected chi connectivity index (χ2v) is 2.45. The van der Waals surface area contributed by atoms with E-state index in [9.17, 15) is 4.79 Å². The fourth-order valence-electron chi connectivity index (χ4n) is 0.555. The first-order valence-electron chi connectivity index (χ1n) is 2.75. The van der Waals surface area contributed by atoms with Crippen molar-refractivity contribution in [3.05, 3.63) is 16.6 Å². The van der Waals surface area contributed by atoms with Crippen LogP contribution in [0, 0.1) is 0 Å². The van der Waals surface area contributed by atoms with E-state index in [1.165, 1.54) is 18.4 Å². The predicted octanol–water partition coefficient (Wildman–Crippen LogP) is 0.972. The van der Waals surface area contributed by atoms with Gasteiger partial charge in [0.25, 0.3) is 0 Å². The topological polar surface area (TPSA) is 39.2 Å². The average Bonchev–Trinajstić information content (AvgIpc) is 2.38. The Hall–Kier alpha value is -0.740. The van der Waals surface area contributed by atoms with Crippen LogP contribution < -0.4 is 0 Å². The van der Waals surface area contributed by atoms with Crippen molar-refractivity contribution >= 4 is 17.1 Å². The molecule has 0 saturated carbocycles. The molecule has 4 heteroatoms. The van der Waals surface area contributed by atoms with Crippen molar-refractivity contribution in [1.29, 1.82) is 0 Å². The molecule has 0 aromatic carbocycles. The van der Waals surface area contributed by atoms with Crippen molar-refractivity contribution < 1.29 is 9.53 Å². The highest BCUT2D eigenvalue weighted by molar-refractivity contribution is 7.07. The van der Waals surface area contributed by atoms with Gasteiger partial charge in [-0.3, -0.25) is 4.79 Å². The van der Waals surface area contributed by atoms with Crippen LogP contribution in [0.5, 0.6) is 0 Å². The molecule has 0 atom stereocenters. The van der Waals surface area contributed by atoms with Crippen LogP contribution in [0.4, 0.5) is 0 Å². The van der Waals surface area contributed by atoms with E-state index >= 15 is 0 Å². The van der Waals surface area contributed by atoms with Crippen molar-refractivity contribution in [1.82, 2.24) is 4.98 Å². The summed E-state index contributed by atoms with van der Waals surface area (Å²) in [4.78, 5) is 14.7. The van der Waals surface area contributed by atoms with Crippen LogP contribution in [0.15, 0.2) is 10.9 Å². The van der Waals surface area contributed by atoms with Gasteiger partial charge in [-0.15, -0.1) is 11.3 Å². The number of methoxy groups -OCH3 is 1. The zero-order valence-corrected chi connectivity index (χ0v) is 6.35. The lowest BCUT2D eigenvalue weighted by Crippen LogP contribution is -2.06. The number of aromatic nitrogens is 1. The second-order valence-electron chi connectivity index (χ2n) is 1.73. The molecule has 0 aliphatic carbocycles. The fourth-order valence-corrected chi connectivity index (χ4v) is 1.11. The molecule has 10 heavy (non-hydrogen) atoms. The van der Waals surface area contributed by atoms with Gasteiger partial charge in [0, 0.05) is 12.5 Å². The standard InChI is InChI=1S/C6H7NO2S/c1-9-2-6(8)5-3-10-4-7-5/h3-4H,2H2,1H3. The minimum Gasteiger partial charge on any atom is -0.376 e. The van der Waals surface area contributed by atoms with Crippen molar-refractivity contribution in [2.75, 3.05) is 13.7 Å². The monoisotopic (exact) mass is 157 g/mol. The van der Waals surface area contributed by atoms with Gasteiger partial charge in [0.05, 0.1) is 5.51 Å². The van der Waals surface area contributed by atoms with Gasteiger partial charge in [-0.2, -0.15) is 0 Å². The van der Waals surface area contributed by atoms with Crippen LogP contribution in [0.2, 0.25) is 0 Å². The first-order valence-corrected chi connectivity index (χ1v) is 3.69. The van der Waals surface area contributed by atoms with Crippen molar-refractivity contribution in [2.24, 2.45) is 0 Å². The third kappa shape index (κ3) is 1.62. The third-order valence-electron chi connectivity index (χ3n) is 0.993. The fraction of sp³-hybridized carbons (Fsp3) is 0.333. The molecule has 0 N–H and O–H groups in total. The third-order valence-corrected chi connectivity index (χ3v) is 1.58. The maximum absolute atomic E-state index is 10.9. The summed E-state index contributed by atoms with van der Waals surface area (Å²) in [7, 11) is 1.49.